The van der Waals surface area contributed by atoms with Crippen molar-refractivity contribution in [3.05, 3.63) is 60.4 Å². The topological polar surface area (TPSA) is 86.3 Å². The first kappa shape index (κ1) is 20.5. The summed E-state index contributed by atoms with van der Waals surface area (Å²) in [6.45, 7) is 5.50. The highest BCUT2D eigenvalue weighted by molar-refractivity contribution is 5.79. The molecule has 31 heavy (non-hydrogen) atoms. The second kappa shape index (κ2) is 7.82. The zero-order chi connectivity index (χ0) is 22.2. The molecule has 0 atom stereocenters. The molecule has 3 aromatic heterocycles. The predicted octanol–water partition coefficient (Wildman–Crippen LogP) is 3.96. The number of carbonyl (C=O) groups excluding carboxylic acids is 1. The lowest BCUT2D eigenvalue weighted by molar-refractivity contribution is 0.0523. The van der Waals surface area contributed by atoms with E-state index >= 15 is 4.39 Å². The SMILES string of the molecule is Cn1cc(-c2cn3nccc3c(-c3ccc(CNC(=O)OC(C)(C)C)cc3F)n2)cn1. The predicted molar refractivity (Wildman–Crippen MR) is 114 cm³/mol. The smallest absolute Gasteiger partial charge is 0.407 e. The van der Waals surface area contributed by atoms with Gasteiger partial charge in [-0.05, 0) is 44.5 Å². The Morgan fingerprint density at radius 3 is 2.68 bits per heavy atom. The number of fused-ring (bicyclic) bond motifs is 1. The van der Waals surface area contributed by atoms with Crippen molar-refractivity contribution in [1.29, 1.82) is 0 Å². The van der Waals surface area contributed by atoms with Gasteiger partial charge >= 0.3 is 6.09 Å². The van der Waals surface area contributed by atoms with Crippen molar-refractivity contribution in [3.63, 3.8) is 0 Å². The first-order valence-electron chi connectivity index (χ1n) is 9.79. The molecule has 4 aromatic rings. The number of hydrogen-bond acceptors (Lipinski definition) is 5. The summed E-state index contributed by atoms with van der Waals surface area (Å²) >= 11 is 0. The molecule has 4 rings (SSSR count). The van der Waals surface area contributed by atoms with E-state index in [1.807, 2.05) is 13.2 Å². The van der Waals surface area contributed by atoms with E-state index in [4.69, 9.17) is 4.74 Å². The summed E-state index contributed by atoms with van der Waals surface area (Å²) in [5.74, 6) is -0.442. The third-order valence-electron chi connectivity index (χ3n) is 4.51. The Hall–Kier alpha value is -3.75. The standard InChI is InChI=1S/C22H23FN6O2/c1-22(2,3)31-21(30)24-10-14-5-6-16(17(23)9-14)20-19-7-8-25-29(19)13-18(27-20)15-11-26-28(4)12-15/h5-9,11-13H,10H2,1-4H3,(H,24,30). The molecule has 0 fully saturated rings. The zero-order valence-electron chi connectivity index (χ0n) is 17.8. The van der Waals surface area contributed by atoms with E-state index in [-0.39, 0.29) is 6.54 Å². The fourth-order valence-electron chi connectivity index (χ4n) is 3.17. The molecule has 0 aliphatic carbocycles. The van der Waals surface area contributed by atoms with Crippen LogP contribution in [-0.4, -0.2) is 36.1 Å². The van der Waals surface area contributed by atoms with Crippen LogP contribution in [0.4, 0.5) is 9.18 Å². The minimum atomic E-state index is -0.596. The highest BCUT2D eigenvalue weighted by atomic mass is 19.1. The fourth-order valence-corrected chi connectivity index (χ4v) is 3.17. The largest absolute Gasteiger partial charge is 0.444 e. The first-order chi connectivity index (χ1) is 14.7. The van der Waals surface area contributed by atoms with E-state index in [0.29, 0.717) is 28.0 Å². The van der Waals surface area contributed by atoms with Gasteiger partial charge in [0.25, 0.3) is 0 Å². The van der Waals surface area contributed by atoms with Crippen LogP contribution < -0.4 is 5.32 Å². The Morgan fingerprint density at radius 1 is 1.19 bits per heavy atom. The lowest BCUT2D eigenvalue weighted by atomic mass is 10.1. The summed E-state index contributed by atoms with van der Waals surface area (Å²) in [7, 11) is 1.82. The summed E-state index contributed by atoms with van der Waals surface area (Å²) in [4.78, 5) is 16.5. The molecule has 160 valence electrons. The van der Waals surface area contributed by atoms with Crippen molar-refractivity contribution in [2.75, 3.05) is 0 Å². The number of alkyl carbamates (subject to hydrolysis) is 1. The number of halogens is 1. The molecule has 0 unspecified atom stereocenters. The van der Waals surface area contributed by atoms with Crippen molar-refractivity contribution >= 4 is 11.6 Å². The van der Waals surface area contributed by atoms with E-state index in [9.17, 15) is 4.79 Å². The molecule has 1 aromatic carbocycles. The van der Waals surface area contributed by atoms with E-state index in [0.717, 1.165) is 5.56 Å². The van der Waals surface area contributed by atoms with Gasteiger partial charge in [0.15, 0.2) is 0 Å². The Bertz CT molecular complexity index is 1250. The molecule has 9 heteroatoms. The minimum absolute atomic E-state index is 0.150. The third-order valence-corrected chi connectivity index (χ3v) is 4.51. The quantitative estimate of drug-likeness (QED) is 0.538. The van der Waals surface area contributed by atoms with Gasteiger partial charge in [0.1, 0.15) is 11.4 Å². The van der Waals surface area contributed by atoms with Gasteiger partial charge in [-0.25, -0.2) is 18.7 Å². The van der Waals surface area contributed by atoms with Crippen LogP contribution in [0.1, 0.15) is 26.3 Å². The Morgan fingerprint density at radius 2 is 2.00 bits per heavy atom. The minimum Gasteiger partial charge on any atom is -0.444 e. The van der Waals surface area contributed by atoms with Gasteiger partial charge in [0.05, 0.1) is 35.5 Å². The third kappa shape index (κ3) is 4.55. The second-order valence-electron chi connectivity index (χ2n) is 8.21. The van der Waals surface area contributed by atoms with Gasteiger partial charge in [-0.2, -0.15) is 10.2 Å². The average Bonchev–Trinajstić information content (AvgIpc) is 3.33. The number of nitrogens with zero attached hydrogens (tertiary/aromatic N) is 5. The molecule has 0 bridgehead atoms. The molecular weight excluding hydrogens is 399 g/mol. The van der Waals surface area contributed by atoms with Crippen LogP contribution in [0.15, 0.2) is 49.1 Å². The molecule has 0 spiro atoms. The second-order valence-corrected chi connectivity index (χ2v) is 8.21. The number of benzene rings is 1. The average molecular weight is 422 g/mol. The van der Waals surface area contributed by atoms with Crippen molar-refractivity contribution < 1.29 is 13.9 Å². The van der Waals surface area contributed by atoms with Gasteiger partial charge in [-0.1, -0.05) is 6.07 Å². The van der Waals surface area contributed by atoms with E-state index < -0.39 is 17.5 Å². The lowest BCUT2D eigenvalue weighted by Gasteiger charge is -2.19. The Balaban J connectivity index is 1.64. The van der Waals surface area contributed by atoms with E-state index in [1.165, 1.54) is 6.07 Å². The van der Waals surface area contributed by atoms with E-state index in [2.05, 4.69) is 20.5 Å². The Labute approximate surface area is 178 Å². The molecule has 3 heterocycles. The van der Waals surface area contributed by atoms with Gasteiger partial charge in [0, 0.05) is 30.9 Å². The van der Waals surface area contributed by atoms with Crippen LogP contribution in [0.25, 0.3) is 28.0 Å². The van der Waals surface area contributed by atoms with Crippen LogP contribution in [-0.2, 0) is 18.3 Å². The lowest BCUT2D eigenvalue weighted by Crippen LogP contribution is -2.32. The highest BCUT2D eigenvalue weighted by Crippen LogP contribution is 2.29. The molecule has 1 amide bonds. The molecule has 1 N–H and O–H groups in total. The monoisotopic (exact) mass is 422 g/mol. The molecule has 0 radical (unpaired) electrons. The number of aromatic nitrogens is 5. The van der Waals surface area contributed by atoms with Crippen molar-refractivity contribution in [3.8, 4) is 22.5 Å². The maximum Gasteiger partial charge on any atom is 0.407 e. The van der Waals surface area contributed by atoms with Gasteiger partial charge in [-0.15, -0.1) is 0 Å². The summed E-state index contributed by atoms with van der Waals surface area (Å²) in [6, 6.07) is 6.58. The van der Waals surface area contributed by atoms with Gasteiger partial charge in [-0.3, -0.25) is 4.68 Å². The normalized spacial score (nSPS) is 11.6. The number of aryl methyl sites for hydroxylation is 1. The summed E-state index contributed by atoms with van der Waals surface area (Å²) in [6.07, 6.45) is 6.41. The maximum absolute atomic E-state index is 15.1. The summed E-state index contributed by atoms with van der Waals surface area (Å²) in [5.41, 5.74) is 2.96. The van der Waals surface area contributed by atoms with Crippen LogP contribution in [0.3, 0.4) is 0 Å². The number of rotatable bonds is 4. The molecule has 0 aliphatic rings. The zero-order valence-corrected chi connectivity index (χ0v) is 17.8. The van der Waals surface area contributed by atoms with Gasteiger partial charge < -0.3 is 10.1 Å². The highest BCUT2D eigenvalue weighted by Gasteiger charge is 2.17. The van der Waals surface area contributed by atoms with Crippen molar-refractivity contribution in [1.82, 2.24) is 29.7 Å². The molecule has 0 aliphatic heterocycles. The number of amides is 1. The molecule has 0 saturated carbocycles. The number of carbonyl (C=O) groups is 1. The summed E-state index contributed by atoms with van der Waals surface area (Å²) in [5, 5.41) is 11.1. The molecular formula is C22H23FN6O2. The number of nitrogens with one attached hydrogen (secondary N) is 1. The van der Waals surface area contributed by atoms with Crippen LogP contribution in [0.5, 0.6) is 0 Å². The number of ether oxygens (including phenoxy) is 1. The van der Waals surface area contributed by atoms with Crippen molar-refractivity contribution in [2.45, 2.75) is 32.9 Å². The van der Waals surface area contributed by atoms with Crippen LogP contribution in [0.2, 0.25) is 0 Å². The maximum atomic E-state index is 15.1. The molecule has 0 saturated heterocycles. The molecule has 8 nitrogen and oxygen atoms in total. The first-order valence-corrected chi connectivity index (χ1v) is 9.79. The van der Waals surface area contributed by atoms with Crippen LogP contribution >= 0.6 is 0 Å². The van der Waals surface area contributed by atoms with Gasteiger partial charge in [0.2, 0.25) is 0 Å². The summed E-state index contributed by atoms with van der Waals surface area (Å²) < 4.78 is 23.6. The fraction of sp³-hybridized carbons (Fsp3) is 0.273. The Kier molecular flexibility index (Phi) is 5.18. The van der Waals surface area contributed by atoms with Crippen LogP contribution in [0, 0.1) is 5.82 Å². The van der Waals surface area contributed by atoms with Crippen molar-refractivity contribution in [2.24, 2.45) is 7.05 Å². The number of hydrogen-bond donors (Lipinski definition) is 1. The van der Waals surface area contributed by atoms with E-state index in [1.54, 1.807) is 66.8 Å².